The molecular formula is C15H15Cl2N3O3S. The molecule has 6 nitrogen and oxygen atoms in total. The Balaban J connectivity index is 1.63. The fraction of sp³-hybridized carbons (Fsp3) is 0.333. The molecule has 1 N–H and O–H groups in total. The Morgan fingerprint density at radius 3 is 2.58 bits per heavy atom. The third-order valence-electron chi connectivity index (χ3n) is 3.82. The maximum atomic E-state index is 12.2. The molecule has 0 radical (unpaired) electrons. The lowest BCUT2D eigenvalue weighted by Gasteiger charge is -2.07. The van der Waals surface area contributed by atoms with E-state index >= 15 is 0 Å². The normalized spacial score (nSPS) is 20.0. The first-order chi connectivity index (χ1) is 11.2. The van der Waals surface area contributed by atoms with E-state index in [1.54, 1.807) is 17.9 Å². The van der Waals surface area contributed by atoms with Crippen LogP contribution in [0.1, 0.15) is 23.5 Å². The van der Waals surface area contributed by atoms with E-state index in [0.29, 0.717) is 22.0 Å². The number of aromatic nitrogens is 2. The highest BCUT2D eigenvalue weighted by molar-refractivity contribution is 7.89. The minimum absolute atomic E-state index is 0.0227. The van der Waals surface area contributed by atoms with Gasteiger partial charge in [-0.05, 0) is 41.7 Å². The van der Waals surface area contributed by atoms with Gasteiger partial charge in [0.2, 0.25) is 15.9 Å². The highest BCUT2D eigenvalue weighted by Crippen LogP contribution is 2.47. The smallest absolute Gasteiger partial charge is 0.239 e. The van der Waals surface area contributed by atoms with E-state index in [4.69, 9.17) is 23.2 Å². The lowest BCUT2D eigenvalue weighted by Crippen LogP contribution is -2.33. The van der Waals surface area contributed by atoms with Gasteiger partial charge in [-0.25, -0.2) is 8.42 Å². The molecule has 2 aromatic rings. The van der Waals surface area contributed by atoms with Crippen LogP contribution in [0.25, 0.3) is 0 Å². The molecule has 1 aliphatic rings. The van der Waals surface area contributed by atoms with Gasteiger partial charge < -0.3 is 0 Å². The van der Waals surface area contributed by atoms with Crippen LogP contribution in [0.5, 0.6) is 0 Å². The van der Waals surface area contributed by atoms with Crippen LogP contribution in [-0.2, 0) is 27.6 Å². The number of aryl methyl sites for hydroxylation is 1. The van der Waals surface area contributed by atoms with Gasteiger partial charge in [-0.2, -0.15) is 5.10 Å². The molecule has 0 unspecified atom stereocenters. The molecule has 24 heavy (non-hydrogen) atoms. The summed E-state index contributed by atoms with van der Waals surface area (Å²) in [4.78, 5) is 12.2. The monoisotopic (exact) mass is 387 g/mol. The largest absolute Gasteiger partial charge is 0.276 e. The maximum Gasteiger partial charge on any atom is 0.239 e. The molecule has 1 amide bonds. The maximum absolute atomic E-state index is 12.2. The van der Waals surface area contributed by atoms with E-state index in [-0.39, 0.29) is 17.6 Å². The summed E-state index contributed by atoms with van der Waals surface area (Å²) in [6, 6.07) is 4.53. The molecule has 1 aliphatic carbocycles. The summed E-state index contributed by atoms with van der Waals surface area (Å²) in [5.41, 5.74) is 1.36. The number of halogens is 2. The van der Waals surface area contributed by atoms with E-state index in [1.807, 2.05) is 6.20 Å². The van der Waals surface area contributed by atoms with E-state index < -0.39 is 15.9 Å². The summed E-state index contributed by atoms with van der Waals surface area (Å²) < 4.78 is 28.1. The molecule has 1 aromatic heterocycles. The fourth-order valence-corrected chi connectivity index (χ4v) is 4.37. The van der Waals surface area contributed by atoms with Crippen molar-refractivity contribution in [2.45, 2.75) is 18.1 Å². The Bertz CT molecular complexity index is 875. The first-order valence-corrected chi connectivity index (χ1v) is 9.62. The molecule has 1 saturated carbocycles. The van der Waals surface area contributed by atoms with Gasteiger partial charge in [0.25, 0.3) is 0 Å². The van der Waals surface area contributed by atoms with Gasteiger partial charge in [0.05, 0.1) is 11.9 Å². The van der Waals surface area contributed by atoms with Crippen molar-refractivity contribution in [1.82, 2.24) is 14.5 Å². The number of carbonyl (C=O) groups excluding carboxylic acids is 1. The lowest BCUT2D eigenvalue weighted by atomic mass is 10.2. The molecule has 9 heteroatoms. The van der Waals surface area contributed by atoms with E-state index in [1.165, 1.54) is 18.2 Å². The number of amides is 1. The van der Waals surface area contributed by atoms with Crippen molar-refractivity contribution >= 4 is 39.1 Å². The Labute approximate surface area is 149 Å². The summed E-state index contributed by atoms with van der Waals surface area (Å²) in [5.74, 6) is -1.16. The predicted octanol–water partition coefficient (Wildman–Crippen LogP) is 2.48. The van der Waals surface area contributed by atoms with Crippen molar-refractivity contribution in [3.63, 3.8) is 0 Å². The minimum Gasteiger partial charge on any atom is -0.276 e. The first-order valence-electron chi connectivity index (χ1n) is 7.21. The molecule has 1 aromatic carbocycles. The average molecular weight is 388 g/mol. The molecule has 3 rings (SSSR count). The number of sulfonamides is 1. The van der Waals surface area contributed by atoms with Crippen molar-refractivity contribution in [2.75, 3.05) is 0 Å². The van der Waals surface area contributed by atoms with Crippen LogP contribution in [0.2, 0.25) is 10.0 Å². The van der Waals surface area contributed by atoms with Crippen molar-refractivity contribution in [1.29, 1.82) is 0 Å². The zero-order chi connectivity index (χ0) is 17.5. The molecular weight excluding hydrogens is 373 g/mol. The van der Waals surface area contributed by atoms with E-state index in [9.17, 15) is 13.2 Å². The number of benzene rings is 1. The second-order valence-electron chi connectivity index (χ2n) is 5.90. The topological polar surface area (TPSA) is 81.1 Å². The molecule has 1 heterocycles. The van der Waals surface area contributed by atoms with Gasteiger partial charge in [-0.1, -0.05) is 23.2 Å². The standard InChI is InChI=1S/C15H15Cl2N3O3S/c1-20-7-10(6-18-20)13-5-14(13)15(21)19-24(22,23)8-9-2-11(16)4-12(17)3-9/h2-4,6-7,13-14H,5,8H2,1H3,(H,19,21)/t13-,14+/m0/s1. The molecule has 1 fully saturated rings. The quantitative estimate of drug-likeness (QED) is 0.854. The first kappa shape index (κ1) is 17.3. The van der Waals surface area contributed by atoms with Gasteiger partial charge in [-0.15, -0.1) is 0 Å². The summed E-state index contributed by atoms with van der Waals surface area (Å²) in [7, 11) is -2.02. The highest BCUT2D eigenvalue weighted by atomic mass is 35.5. The zero-order valence-corrected chi connectivity index (χ0v) is 15.1. The number of carbonyl (C=O) groups is 1. The number of nitrogens with one attached hydrogen (secondary N) is 1. The van der Waals surface area contributed by atoms with Crippen LogP contribution in [0.15, 0.2) is 30.6 Å². The second-order valence-corrected chi connectivity index (χ2v) is 8.49. The SMILES string of the molecule is Cn1cc([C@@H]2C[C@H]2C(=O)NS(=O)(=O)Cc2cc(Cl)cc(Cl)c2)cn1. The third kappa shape index (κ3) is 4.09. The molecule has 128 valence electrons. The van der Waals surface area contributed by atoms with Crippen LogP contribution in [0, 0.1) is 5.92 Å². The molecule has 0 spiro atoms. The van der Waals surface area contributed by atoms with E-state index in [2.05, 4.69) is 9.82 Å². The summed E-state index contributed by atoms with van der Waals surface area (Å²) in [6.45, 7) is 0. The minimum atomic E-state index is -3.81. The number of hydrogen-bond acceptors (Lipinski definition) is 4. The van der Waals surface area contributed by atoms with Gasteiger partial charge in [0.15, 0.2) is 0 Å². The van der Waals surface area contributed by atoms with E-state index in [0.717, 1.165) is 5.56 Å². The van der Waals surface area contributed by atoms with Crippen LogP contribution in [0.4, 0.5) is 0 Å². The van der Waals surface area contributed by atoms with Gasteiger partial charge in [0, 0.05) is 29.2 Å². The van der Waals surface area contributed by atoms with Crippen LogP contribution in [0.3, 0.4) is 0 Å². The molecule has 0 aliphatic heterocycles. The van der Waals surface area contributed by atoms with Crippen LogP contribution < -0.4 is 4.72 Å². The number of nitrogens with zero attached hydrogens (tertiary/aromatic N) is 2. The average Bonchev–Trinajstić information content (AvgIpc) is 3.12. The fourth-order valence-electron chi connectivity index (χ4n) is 2.66. The Morgan fingerprint density at radius 2 is 2.00 bits per heavy atom. The Kier molecular flexibility index (Phi) is 4.59. The highest BCUT2D eigenvalue weighted by Gasteiger charge is 2.45. The summed E-state index contributed by atoms with van der Waals surface area (Å²) >= 11 is 11.7. The molecule has 0 saturated heterocycles. The van der Waals surface area contributed by atoms with Crippen molar-refractivity contribution in [3.05, 3.63) is 51.8 Å². The zero-order valence-electron chi connectivity index (χ0n) is 12.7. The van der Waals surface area contributed by atoms with Gasteiger partial charge >= 0.3 is 0 Å². The molecule has 0 bridgehead atoms. The Hall–Kier alpha value is -1.57. The number of hydrogen-bond donors (Lipinski definition) is 1. The van der Waals surface area contributed by atoms with Gasteiger partial charge in [0.1, 0.15) is 0 Å². The summed E-state index contributed by atoms with van der Waals surface area (Å²) in [6.07, 6.45) is 4.15. The van der Waals surface area contributed by atoms with Crippen molar-refractivity contribution in [2.24, 2.45) is 13.0 Å². The molecule has 2 atom stereocenters. The Morgan fingerprint density at radius 1 is 1.33 bits per heavy atom. The third-order valence-corrected chi connectivity index (χ3v) is 5.48. The van der Waals surface area contributed by atoms with Gasteiger partial charge in [-0.3, -0.25) is 14.2 Å². The van der Waals surface area contributed by atoms with Crippen molar-refractivity contribution < 1.29 is 13.2 Å². The van der Waals surface area contributed by atoms with Crippen LogP contribution in [-0.4, -0.2) is 24.1 Å². The van der Waals surface area contributed by atoms with Crippen LogP contribution >= 0.6 is 23.2 Å². The predicted molar refractivity (Wildman–Crippen MR) is 91.3 cm³/mol. The van der Waals surface area contributed by atoms with Crippen molar-refractivity contribution in [3.8, 4) is 0 Å². The lowest BCUT2D eigenvalue weighted by molar-refractivity contribution is -0.120. The number of rotatable bonds is 5. The summed E-state index contributed by atoms with van der Waals surface area (Å²) in [5, 5.41) is 4.75. The second kappa shape index (κ2) is 6.38.